The summed E-state index contributed by atoms with van der Waals surface area (Å²) in [6.45, 7) is 8.83. The van der Waals surface area contributed by atoms with Crippen LogP contribution in [-0.2, 0) is 4.74 Å². The molecule has 0 aliphatic carbocycles. The molecule has 28 heavy (non-hydrogen) atoms. The molecule has 0 aromatic carbocycles. The van der Waals surface area contributed by atoms with Crippen molar-refractivity contribution >= 4 is 52.6 Å². The van der Waals surface area contributed by atoms with Crippen LogP contribution in [0.15, 0.2) is 39.3 Å². The summed E-state index contributed by atoms with van der Waals surface area (Å²) in [6.07, 6.45) is 0.283. The largest absolute Gasteiger partial charge is 0.376 e. The van der Waals surface area contributed by atoms with Crippen molar-refractivity contribution < 1.29 is 4.74 Å². The van der Waals surface area contributed by atoms with Crippen LogP contribution in [0.25, 0.3) is 0 Å². The maximum Gasteiger partial charge on any atom is 0.191 e. The van der Waals surface area contributed by atoms with E-state index >= 15 is 0 Å². The molecule has 8 heteroatoms. The molecular weight excluding hydrogens is 503 g/mol. The lowest BCUT2D eigenvalue weighted by molar-refractivity contribution is -0.0334. The standard InChI is InChI=1S/C20H30N4OS2.HI/c1-15(17-6-10-26-14-17)11-22-20(21-3)23-12-18(19-5-4-9-27-19)24-7-8-25-16(2)13-24;/h4-6,9-10,14-16,18H,7-8,11-13H2,1-3H3,(H2,21,22,23);1H. The number of hydrogen-bond donors (Lipinski definition) is 2. The molecule has 0 spiro atoms. The first-order valence-corrected chi connectivity index (χ1v) is 11.3. The highest BCUT2D eigenvalue weighted by atomic mass is 127. The molecule has 5 nitrogen and oxygen atoms in total. The fraction of sp³-hybridized carbons (Fsp3) is 0.550. The van der Waals surface area contributed by atoms with E-state index < -0.39 is 0 Å². The first-order valence-electron chi connectivity index (χ1n) is 9.53. The molecule has 0 bridgehead atoms. The number of thiophene rings is 2. The van der Waals surface area contributed by atoms with Gasteiger partial charge in [-0.05, 0) is 46.7 Å². The summed E-state index contributed by atoms with van der Waals surface area (Å²) < 4.78 is 5.73. The highest BCUT2D eigenvalue weighted by Crippen LogP contribution is 2.26. The smallest absolute Gasteiger partial charge is 0.191 e. The van der Waals surface area contributed by atoms with Gasteiger partial charge >= 0.3 is 0 Å². The number of nitrogens with zero attached hydrogens (tertiary/aromatic N) is 2. The lowest BCUT2D eigenvalue weighted by Gasteiger charge is -2.37. The van der Waals surface area contributed by atoms with Crippen molar-refractivity contribution in [2.45, 2.75) is 31.9 Å². The van der Waals surface area contributed by atoms with Gasteiger partial charge in [0.05, 0.1) is 18.8 Å². The molecule has 156 valence electrons. The Balaban J connectivity index is 0.00000280. The Kier molecular flexibility index (Phi) is 10.2. The molecule has 3 atom stereocenters. The molecule has 2 N–H and O–H groups in total. The molecule has 0 radical (unpaired) electrons. The van der Waals surface area contributed by atoms with Gasteiger partial charge in [0.1, 0.15) is 0 Å². The molecular formula is C20H31IN4OS2. The molecule has 1 fully saturated rings. The van der Waals surface area contributed by atoms with E-state index in [1.54, 1.807) is 11.3 Å². The van der Waals surface area contributed by atoms with Crippen LogP contribution in [0.3, 0.4) is 0 Å². The summed E-state index contributed by atoms with van der Waals surface area (Å²) >= 11 is 3.57. The van der Waals surface area contributed by atoms with Crippen molar-refractivity contribution in [3.05, 3.63) is 44.8 Å². The van der Waals surface area contributed by atoms with Crippen LogP contribution in [0, 0.1) is 0 Å². The monoisotopic (exact) mass is 534 g/mol. The second kappa shape index (κ2) is 12.1. The van der Waals surface area contributed by atoms with Gasteiger partial charge in [0.15, 0.2) is 5.96 Å². The number of nitrogens with one attached hydrogen (secondary N) is 2. The number of morpholine rings is 1. The Labute approximate surface area is 193 Å². The third-order valence-corrected chi connectivity index (χ3v) is 6.63. The van der Waals surface area contributed by atoms with E-state index in [-0.39, 0.29) is 30.1 Å². The minimum absolute atomic E-state index is 0. The summed E-state index contributed by atoms with van der Waals surface area (Å²) in [5.41, 5.74) is 1.38. The van der Waals surface area contributed by atoms with E-state index in [9.17, 15) is 0 Å². The molecule has 3 unspecified atom stereocenters. The lowest BCUT2D eigenvalue weighted by atomic mass is 10.1. The summed E-state index contributed by atoms with van der Waals surface area (Å²) in [4.78, 5) is 8.32. The highest BCUT2D eigenvalue weighted by molar-refractivity contribution is 14.0. The Hall–Kier alpha value is -0.680. The average molecular weight is 535 g/mol. The molecule has 0 saturated carbocycles. The number of hydrogen-bond acceptors (Lipinski definition) is 5. The molecule has 3 heterocycles. The van der Waals surface area contributed by atoms with Crippen molar-refractivity contribution in [2.75, 3.05) is 39.8 Å². The van der Waals surface area contributed by atoms with Crippen LogP contribution in [0.2, 0.25) is 0 Å². The first-order chi connectivity index (χ1) is 13.2. The Bertz CT molecular complexity index is 693. The Morgan fingerprint density at radius 2 is 2.14 bits per heavy atom. The number of guanidine groups is 1. The third kappa shape index (κ3) is 6.69. The molecule has 2 aromatic rings. The summed E-state index contributed by atoms with van der Waals surface area (Å²) in [7, 11) is 1.83. The van der Waals surface area contributed by atoms with E-state index in [0.29, 0.717) is 12.0 Å². The fourth-order valence-electron chi connectivity index (χ4n) is 3.36. The molecule has 1 aliphatic rings. The van der Waals surface area contributed by atoms with E-state index in [2.05, 4.69) is 68.7 Å². The lowest BCUT2D eigenvalue weighted by Crippen LogP contribution is -2.48. The van der Waals surface area contributed by atoms with Crippen molar-refractivity contribution in [2.24, 2.45) is 4.99 Å². The van der Waals surface area contributed by atoms with Gasteiger partial charge in [-0.1, -0.05) is 13.0 Å². The number of aliphatic imine (C=N–C) groups is 1. The van der Waals surface area contributed by atoms with Gasteiger partial charge in [0, 0.05) is 38.1 Å². The second-order valence-electron chi connectivity index (χ2n) is 7.00. The van der Waals surface area contributed by atoms with Crippen LogP contribution in [0.1, 0.15) is 36.2 Å². The maximum absolute atomic E-state index is 5.73. The van der Waals surface area contributed by atoms with E-state index in [0.717, 1.165) is 38.7 Å². The van der Waals surface area contributed by atoms with Gasteiger partial charge in [-0.3, -0.25) is 9.89 Å². The van der Waals surface area contributed by atoms with Gasteiger partial charge in [0.2, 0.25) is 0 Å². The van der Waals surface area contributed by atoms with Crippen LogP contribution < -0.4 is 10.6 Å². The zero-order valence-electron chi connectivity index (χ0n) is 16.8. The summed E-state index contributed by atoms with van der Waals surface area (Å²) in [5, 5.41) is 13.5. The Morgan fingerprint density at radius 3 is 2.79 bits per heavy atom. The van der Waals surface area contributed by atoms with Crippen molar-refractivity contribution in [3.63, 3.8) is 0 Å². The summed E-state index contributed by atoms with van der Waals surface area (Å²) in [6, 6.07) is 6.89. The van der Waals surface area contributed by atoms with Gasteiger partial charge < -0.3 is 15.4 Å². The van der Waals surface area contributed by atoms with Crippen LogP contribution in [0.5, 0.6) is 0 Å². The molecule has 1 saturated heterocycles. The highest BCUT2D eigenvalue weighted by Gasteiger charge is 2.26. The number of halogens is 1. The second-order valence-corrected chi connectivity index (χ2v) is 8.76. The fourth-order valence-corrected chi connectivity index (χ4v) is 5.00. The Morgan fingerprint density at radius 1 is 1.32 bits per heavy atom. The quantitative estimate of drug-likeness (QED) is 0.318. The number of rotatable bonds is 7. The van der Waals surface area contributed by atoms with Crippen molar-refractivity contribution in [1.29, 1.82) is 0 Å². The van der Waals surface area contributed by atoms with Gasteiger partial charge in [0.25, 0.3) is 0 Å². The van der Waals surface area contributed by atoms with Gasteiger partial charge in [-0.15, -0.1) is 35.3 Å². The van der Waals surface area contributed by atoms with E-state index in [1.165, 1.54) is 10.4 Å². The van der Waals surface area contributed by atoms with Crippen molar-refractivity contribution in [3.8, 4) is 0 Å². The average Bonchev–Trinajstić information content (AvgIpc) is 3.38. The minimum atomic E-state index is 0. The van der Waals surface area contributed by atoms with Gasteiger partial charge in [-0.25, -0.2) is 0 Å². The van der Waals surface area contributed by atoms with Crippen molar-refractivity contribution in [1.82, 2.24) is 15.5 Å². The molecule has 0 amide bonds. The first kappa shape index (κ1) is 23.6. The third-order valence-electron chi connectivity index (χ3n) is 4.96. The number of ether oxygens (including phenoxy) is 1. The van der Waals surface area contributed by atoms with Crippen LogP contribution >= 0.6 is 46.7 Å². The van der Waals surface area contributed by atoms with Gasteiger partial charge in [-0.2, -0.15) is 11.3 Å². The minimum Gasteiger partial charge on any atom is -0.376 e. The molecule has 3 rings (SSSR count). The topological polar surface area (TPSA) is 48.9 Å². The van der Waals surface area contributed by atoms with Crippen LogP contribution in [-0.4, -0.2) is 56.8 Å². The predicted molar refractivity (Wildman–Crippen MR) is 132 cm³/mol. The van der Waals surface area contributed by atoms with E-state index in [4.69, 9.17) is 4.74 Å². The zero-order chi connectivity index (χ0) is 19.1. The summed E-state index contributed by atoms with van der Waals surface area (Å²) in [5.74, 6) is 1.32. The molecule has 1 aliphatic heterocycles. The predicted octanol–water partition coefficient (Wildman–Crippen LogP) is 4.16. The van der Waals surface area contributed by atoms with Crippen LogP contribution in [0.4, 0.5) is 0 Å². The van der Waals surface area contributed by atoms with E-state index in [1.807, 2.05) is 18.4 Å². The molecule has 2 aromatic heterocycles. The zero-order valence-corrected chi connectivity index (χ0v) is 20.7. The SMILES string of the molecule is CN=C(NCC(C)c1ccsc1)NCC(c1cccs1)N1CCOC(C)C1.I. The maximum atomic E-state index is 5.73. The normalized spacial score (nSPS) is 20.2.